The predicted molar refractivity (Wildman–Crippen MR) is 103 cm³/mol. The Kier molecular flexibility index (Phi) is 5.72. The molecule has 2 aromatic rings. The number of hydrogen-bond acceptors (Lipinski definition) is 6. The molecule has 1 aromatic carbocycles. The molecule has 0 bridgehead atoms. The largest absolute Gasteiger partial charge is 0.573 e. The number of halogens is 3. The van der Waals surface area contributed by atoms with E-state index in [0.717, 1.165) is 17.4 Å². The number of carbonyl (C=O) groups excluding carboxylic acids is 2. The molecule has 1 aromatic heterocycles. The van der Waals surface area contributed by atoms with Gasteiger partial charge in [0, 0.05) is 19.2 Å². The SMILES string of the molecule is CC(C)(CN)C(=O)N1CCCC1C(=O)Nc1nc2ccc(OC(F)(F)F)cc2s1. The number of ether oxygens (including phenoxy) is 1. The maximum Gasteiger partial charge on any atom is 0.573 e. The molecule has 11 heteroatoms. The number of carbonyl (C=O) groups is 2. The van der Waals surface area contributed by atoms with Gasteiger partial charge in [0.2, 0.25) is 11.8 Å². The van der Waals surface area contributed by atoms with Crippen LogP contribution in [0.1, 0.15) is 26.7 Å². The molecule has 1 aliphatic heterocycles. The van der Waals surface area contributed by atoms with Gasteiger partial charge in [-0.25, -0.2) is 4.98 Å². The van der Waals surface area contributed by atoms with Crippen molar-refractivity contribution in [3.63, 3.8) is 0 Å². The highest BCUT2D eigenvalue weighted by Gasteiger charge is 2.40. The molecule has 1 fully saturated rings. The summed E-state index contributed by atoms with van der Waals surface area (Å²) in [6.45, 7) is 4.10. The van der Waals surface area contributed by atoms with E-state index in [1.807, 2.05) is 0 Å². The van der Waals surface area contributed by atoms with E-state index in [-0.39, 0.29) is 29.2 Å². The molecule has 2 heterocycles. The Balaban J connectivity index is 1.74. The van der Waals surface area contributed by atoms with Crippen molar-refractivity contribution in [1.29, 1.82) is 0 Å². The Labute approximate surface area is 169 Å². The first-order valence-corrected chi connectivity index (χ1v) is 9.80. The van der Waals surface area contributed by atoms with Crippen LogP contribution in [0.15, 0.2) is 18.2 Å². The van der Waals surface area contributed by atoms with Crippen LogP contribution in [0.4, 0.5) is 18.3 Å². The smallest absolute Gasteiger partial charge is 0.406 e. The fraction of sp³-hybridized carbons (Fsp3) is 0.500. The number of amides is 2. The van der Waals surface area contributed by atoms with Gasteiger partial charge in [-0.1, -0.05) is 11.3 Å². The second kappa shape index (κ2) is 7.79. The number of nitrogens with two attached hydrogens (primary N) is 1. The number of rotatable bonds is 5. The molecular formula is C18H21F3N4O3S. The number of anilines is 1. The van der Waals surface area contributed by atoms with Crippen LogP contribution in [0.5, 0.6) is 5.75 Å². The molecule has 1 atom stereocenters. The van der Waals surface area contributed by atoms with E-state index in [9.17, 15) is 22.8 Å². The van der Waals surface area contributed by atoms with Crippen molar-refractivity contribution in [3.8, 4) is 5.75 Å². The quantitative estimate of drug-likeness (QED) is 0.760. The van der Waals surface area contributed by atoms with E-state index in [1.54, 1.807) is 13.8 Å². The third kappa shape index (κ3) is 4.78. The number of alkyl halides is 3. The molecular weight excluding hydrogens is 409 g/mol. The summed E-state index contributed by atoms with van der Waals surface area (Å²) in [6, 6.07) is 3.13. The lowest BCUT2D eigenvalue weighted by Crippen LogP contribution is -2.50. The zero-order valence-corrected chi connectivity index (χ0v) is 16.7. The summed E-state index contributed by atoms with van der Waals surface area (Å²) in [5.74, 6) is -0.923. The average Bonchev–Trinajstić information content (AvgIpc) is 3.25. The predicted octanol–water partition coefficient (Wildman–Crippen LogP) is 3.11. The van der Waals surface area contributed by atoms with Gasteiger partial charge in [-0.3, -0.25) is 9.59 Å². The van der Waals surface area contributed by atoms with Crippen molar-refractivity contribution in [2.75, 3.05) is 18.4 Å². The number of thiazole rings is 1. The Morgan fingerprint density at radius 2 is 2.10 bits per heavy atom. The Morgan fingerprint density at radius 3 is 2.76 bits per heavy atom. The second-order valence-corrected chi connectivity index (χ2v) is 8.46. The monoisotopic (exact) mass is 430 g/mol. The molecule has 1 aliphatic rings. The van der Waals surface area contributed by atoms with Gasteiger partial charge in [0.25, 0.3) is 0 Å². The first kappa shape index (κ1) is 21.3. The Morgan fingerprint density at radius 1 is 1.38 bits per heavy atom. The van der Waals surface area contributed by atoms with Gasteiger partial charge >= 0.3 is 6.36 Å². The number of fused-ring (bicyclic) bond motifs is 1. The highest BCUT2D eigenvalue weighted by atomic mass is 32.1. The van der Waals surface area contributed by atoms with E-state index >= 15 is 0 Å². The molecule has 0 saturated carbocycles. The minimum Gasteiger partial charge on any atom is -0.406 e. The number of benzene rings is 1. The topological polar surface area (TPSA) is 97.6 Å². The van der Waals surface area contributed by atoms with Gasteiger partial charge in [-0.15, -0.1) is 13.2 Å². The van der Waals surface area contributed by atoms with Crippen molar-refractivity contribution in [2.45, 2.75) is 39.1 Å². The summed E-state index contributed by atoms with van der Waals surface area (Å²) in [5.41, 5.74) is 5.34. The van der Waals surface area contributed by atoms with Crippen molar-refractivity contribution in [2.24, 2.45) is 11.1 Å². The van der Waals surface area contributed by atoms with Crippen LogP contribution in [0, 0.1) is 5.41 Å². The number of likely N-dealkylation sites (tertiary alicyclic amines) is 1. The fourth-order valence-corrected chi connectivity index (χ4v) is 4.00. The van der Waals surface area contributed by atoms with Crippen LogP contribution in [0.2, 0.25) is 0 Å². The lowest BCUT2D eigenvalue weighted by Gasteiger charge is -2.31. The number of aromatic nitrogens is 1. The molecule has 158 valence electrons. The maximum absolute atomic E-state index is 12.7. The van der Waals surface area contributed by atoms with Gasteiger partial charge in [0.05, 0.1) is 15.6 Å². The normalized spacial score (nSPS) is 17.6. The van der Waals surface area contributed by atoms with Crippen LogP contribution in [-0.4, -0.2) is 47.2 Å². The minimum atomic E-state index is -4.79. The average molecular weight is 430 g/mol. The first-order valence-electron chi connectivity index (χ1n) is 8.98. The standard InChI is InChI=1S/C18H21F3N4O3S/c1-17(2,9-22)15(27)25-7-3-4-12(25)14(26)24-16-23-11-6-5-10(8-13(11)29-16)28-18(19,20)21/h5-6,8,12H,3-4,7,9,22H2,1-2H3,(H,23,24,26). The molecule has 0 spiro atoms. The summed E-state index contributed by atoms with van der Waals surface area (Å²) in [6.07, 6.45) is -3.57. The number of nitrogens with one attached hydrogen (secondary N) is 1. The summed E-state index contributed by atoms with van der Waals surface area (Å²) >= 11 is 1.03. The van der Waals surface area contributed by atoms with Crippen molar-refractivity contribution in [3.05, 3.63) is 18.2 Å². The summed E-state index contributed by atoms with van der Waals surface area (Å²) in [5, 5.41) is 2.92. The highest BCUT2D eigenvalue weighted by Crippen LogP contribution is 2.32. The summed E-state index contributed by atoms with van der Waals surface area (Å²) in [4.78, 5) is 31.2. The third-order valence-electron chi connectivity index (χ3n) is 4.73. The minimum absolute atomic E-state index is 0.164. The van der Waals surface area contributed by atoms with Gasteiger partial charge in [0.15, 0.2) is 5.13 Å². The van der Waals surface area contributed by atoms with Crippen LogP contribution >= 0.6 is 11.3 Å². The molecule has 3 N–H and O–H groups in total. The number of hydrogen-bond donors (Lipinski definition) is 2. The first-order chi connectivity index (χ1) is 13.5. The molecule has 29 heavy (non-hydrogen) atoms. The van der Waals surface area contributed by atoms with E-state index in [4.69, 9.17) is 5.73 Å². The molecule has 1 saturated heterocycles. The van der Waals surface area contributed by atoms with E-state index in [0.29, 0.717) is 29.6 Å². The van der Waals surface area contributed by atoms with Gasteiger partial charge in [-0.05, 0) is 38.8 Å². The molecule has 1 unspecified atom stereocenters. The molecule has 0 radical (unpaired) electrons. The van der Waals surface area contributed by atoms with Crippen LogP contribution < -0.4 is 15.8 Å². The van der Waals surface area contributed by atoms with Crippen molar-refractivity contribution >= 4 is 38.5 Å². The molecule has 2 amide bonds. The van der Waals surface area contributed by atoms with Gasteiger partial charge in [0.1, 0.15) is 11.8 Å². The fourth-order valence-electron chi connectivity index (χ4n) is 3.10. The second-order valence-electron chi connectivity index (χ2n) is 7.43. The zero-order chi connectivity index (χ0) is 21.4. The van der Waals surface area contributed by atoms with Crippen molar-refractivity contribution < 1.29 is 27.5 Å². The van der Waals surface area contributed by atoms with Crippen molar-refractivity contribution in [1.82, 2.24) is 9.88 Å². The van der Waals surface area contributed by atoms with Gasteiger partial charge < -0.3 is 20.7 Å². The van der Waals surface area contributed by atoms with E-state index in [1.165, 1.54) is 17.0 Å². The Bertz CT molecular complexity index is 929. The molecule has 0 aliphatic carbocycles. The van der Waals surface area contributed by atoms with E-state index < -0.39 is 17.8 Å². The van der Waals surface area contributed by atoms with Crippen LogP contribution in [0.3, 0.4) is 0 Å². The molecule has 3 rings (SSSR count). The Hall–Kier alpha value is -2.40. The molecule has 7 nitrogen and oxygen atoms in total. The zero-order valence-electron chi connectivity index (χ0n) is 15.9. The highest BCUT2D eigenvalue weighted by molar-refractivity contribution is 7.22. The maximum atomic E-state index is 12.7. The van der Waals surface area contributed by atoms with E-state index in [2.05, 4.69) is 15.0 Å². The lowest BCUT2D eigenvalue weighted by molar-refractivity contribution is -0.274. The summed E-state index contributed by atoms with van der Waals surface area (Å²) in [7, 11) is 0. The third-order valence-corrected chi connectivity index (χ3v) is 5.66. The van der Waals surface area contributed by atoms with Crippen LogP contribution in [0.25, 0.3) is 10.2 Å². The summed E-state index contributed by atoms with van der Waals surface area (Å²) < 4.78 is 41.5. The number of nitrogens with zero attached hydrogens (tertiary/aromatic N) is 2. The van der Waals surface area contributed by atoms with Crippen LogP contribution in [-0.2, 0) is 9.59 Å². The van der Waals surface area contributed by atoms with Gasteiger partial charge in [-0.2, -0.15) is 0 Å². The lowest BCUT2D eigenvalue weighted by atomic mass is 9.91.